The van der Waals surface area contributed by atoms with Crippen LogP contribution in [-0.2, 0) is 5.60 Å². The molecule has 1 heterocycles. The minimum absolute atomic E-state index is 0.222. The van der Waals surface area contributed by atoms with Crippen molar-refractivity contribution in [1.29, 1.82) is 0 Å². The Morgan fingerprint density at radius 1 is 1.62 bits per heavy atom. The fourth-order valence-corrected chi connectivity index (χ4v) is 2.95. The summed E-state index contributed by atoms with van der Waals surface area (Å²) in [5.74, 6) is 0.249. The summed E-state index contributed by atoms with van der Waals surface area (Å²) in [4.78, 5) is 0. The second-order valence-electron chi connectivity index (χ2n) is 5.10. The highest BCUT2D eigenvalue weighted by molar-refractivity contribution is 6.31. The average Bonchev–Trinajstić information content (AvgIpc) is 2.73. The van der Waals surface area contributed by atoms with Crippen LogP contribution in [0.4, 0.5) is 0 Å². The summed E-state index contributed by atoms with van der Waals surface area (Å²) in [6.45, 7) is 6.19. The number of halogens is 1. The third-order valence-corrected chi connectivity index (χ3v) is 3.94. The summed E-state index contributed by atoms with van der Waals surface area (Å²) in [6, 6.07) is 0.222. The summed E-state index contributed by atoms with van der Waals surface area (Å²) in [6.07, 6.45) is 4.53. The van der Waals surface area contributed by atoms with Gasteiger partial charge in [-0.2, -0.15) is 5.10 Å². The van der Waals surface area contributed by atoms with Gasteiger partial charge in [0.25, 0.3) is 0 Å². The number of nitrogens with zero attached hydrogens (tertiary/aromatic N) is 2. The molecule has 0 aromatic carbocycles. The highest BCUT2D eigenvalue weighted by Gasteiger charge is 2.44. The topological polar surface area (TPSA) is 38.0 Å². The third kappa shape index (κ3) is 1.66. The van der Waals surface area contributed by atoms with Gasteiger partial charge >= 0.3 is 0 Å². The number of hydrogen-bond donors (Lipinski definition) is 1. The van der Waals surface area contributed by atoms with E-state index >= 15 is 0 Å². The van der Waals surface area contributed by atoms with Gasteiger partial charge in [-0.3, -0.25) is 4.68 Å². The summed E-state index contributed by atoms with van der Waals surface area (Å²) in [5.41, 5.74) is 0.00636. The van der Waals surface area contributed by atoms with Crippen LogP contribution >= 0.6 is 11.6 Å². The van der Waals surface area contributed by atoms with Crippen LogP contribution in [0.3, 0.4) is 0 Å². The van der Waals surface area contributed by atoms with E-state index in [1.54, 1.807) is 6.20 Å². The van der Waals surface area contributed by atoms with Crippen molar-refractivity contribution in [3.63, 3.8) is 0 Å². The highest BCUT2D eigenvalue weighted by Crippen LogP contribution is 2.46. The van der Waals surface area contributed by atoms with Crippen LogP contribution in [0.25, 0.3) is 0 Å². The molecular formula is C12H19ClN2O. The standard InChI is InChI=1S/C12H19ClN2O/c1-8(2)15-11(10(13)7-14-15)12(16)6-4-5-9(12)3/h7-9,16H,4-6H2,1-3H3. The quantitative estimate of drug-likeness (QED) is 0.865. The second-order valence-corrected chi connectivity index (χ2v) is 5.50. The van der Waals surface area contributed by atoms with Crippen LogP contribution in [-0.4, -0.2) is 14.9 Å². The zero-order chi connectivity index (χ0) is 11.9. The average molecular weight is 243 g/mol. The van der Waals surface area contributed by atoms with Crippen LogP contribution in [0.15, 0.2) is 6.20 Å². The lowest BCUT2D eigenvalue weighted by molar-refractivity contribution is -0.00489. The van der Waals surface area contributed by atoms with Gasteiger partial charge in [-0.15, -0.1) is 0 Å². The lowest BCUT2D eigenvalue weighted by Crippen LogP contribution is -2.32. The summed E-state index contributed by atoms with van der Waals surface area (Å²) in [7, 11) is 0. The second kappa shape index (κ2) is 4.04. The van der Waals surface area contributed by atoms with Crippen molar-refractivity contribution >= 4 is 11.6 Å². The Hall–Kier alpha value is -0.540. The van der Waals surface area contributed by atoms with Gasteiger partial charge in [0.2, 0.25) is 0 Å². The molecule has 0 spiro atoms. The van der Waals surface area contributed by atoms with Crippen LogP contribution in [0, 0.1) is 5.92 Å². The van der Waals surface area contributed by atoms with E-state index in [1.165, 1.54) is 0 Å². The highest BCUT2D eigenvalue weighted by atomic mass is 35.5. The molecule has 0 amide bonds. The smallest absolute Gasteiger partial charge is 0.110 e. The van der Waals surface area contributed by atoms with Crippen LogP contribution in [0.2, 0.25) is 5.02 Å². The maximum atomic E-state index is 10.8. The molecule has 4 heteroatoms. The van der Waals surface area contributed by atoms with E-state index in [4.69, 9.17) is 11.6 Å². The molecule has 0 aliphatic heterocycles. The Balaban J connectivity index is 2.50. The molecular weight excluding hydrogens is 224 g/mol. The van der Waals surface area contributed by atoms with Crippen LogP contribution < -0.4 is 0 Å². The molecule has 3 nitrogen and oxygen atoms in total. The molecule has 0 saturated heterocycles. The maximum Gasteiger partial charge on any atom is 0.110 e. The number of hydrogen-bond acceptors (Lipinski definition) is 2. The molecule has 1 aliphatic rings. The molecule has 16 heavy (non-hydrogen) atoms. The first-order valence-electron chi connectivity index (χ1n) is 5.92. The Labute approximate surface area is 101 Å². The Morgan fingerprint density at radius 2 is 2.31 bits per heavy atom. The van der Waals surface area contributed by atoms with Crippen molar-refractivity contribution in [1.82, 2.24) is 9.78 Å². The van der Waals surface area contributed by atoms with Gasteiger partial charge in [0, 0.05) is 6.04 Å². The molecule has 0 bridgehead atoms. The van der Waals surface area contributed by atoms with E-state index in [1.807, 2.05) is 4.68 Å². The van der Waals surface area contributed by atoms with Gasteiger partial charge in [-0.05, 0) is 39.0 Å². The van der Waals surface area contributed by atoms with Crippen LogP contribution in [0.1, 0.15) is 51.8 Å². The van der Waals surface area contributed by atoms with Gasteiger partial charge in [-0.25, -0.2) is 0 Å². The first-order valence-corrected chi connectivity index (χ1v) is 6.30. The fourth-order valence-electron chi connectivity index (χ4n) is 2.65. The molecule has 1 aromatic heterocycles. The number of aromatic nitrogens is 2. The van der Waals surface area contributed by atoms with Gasteiger partial charge in [0.15, 0.2) is 0 Å². The molecule has 1 aromatic rings. The van der Waals surface area contributed by atoms with Gasteiger partial charge in [0.1, 0.15) is 5.60 Å². The first-order chi connectivity index (χ1) is 7.47. The summed E-state index contributed by atoms with van der Waals surface area (Å²) < 4.78 is 1.85. The predicted octanol–water partition coefficient (Wildman–Crippen LogP) is 3.13. The van der Waals surface area contributed by atoms with Crippen molar-refractivity contribution in [3.8, 4) is 0 Å². The molecule has 90 valence electrons. The number of aliphatic hydroxyl groups is 1. The molecule has 1 aliphatic carbocycles. The van der Waals surface area contributed by atoms with E-state index in [0.29, 0.717) is 5.02 Å². The SMILES string of the molecule is CC(C)n1ncc(Cl)c1C1(O)CCCC1C. The largest absolute Gasteiger partial charge is 0.383 e. The van der Waals surface area contributed by atoms with Crippen molar-refractivity contribution in [2.75, 3.05) is 0 Å². The van der Waals surface area contributed by atoms with Crippen molar-refractivity contribution in [2.24, 2.45) is 5.92 Å². The van der Waals surface area contributed by atoms with Crippen molar-refractivity contribution in [3.05, 3.63) is 16.9 Å². The normalized spacial score (nSPS) is 30.2. The fraction of sp³-hybridized carbons (Fsp3) is 0.750. The van der Waals surface area contributed by atoms with Crippen LogP contribution in [0.5, 0.6) is 0 Å². The van der Waals surface area contributed by atoms with E-state index in [9.17, 15) is 5.11 Å². The molecule has 2 atom stereocenters. The third-order valence-electron chi connectivity index (χ3n) is 3.66. The minimum Gasteiger partial charge on any atom is -0.383 e. The lowest BCUT2D eigenvalue weighted by atomic mass is 9.88. The number of rotatable bonds is 2. The van der Waals surface area contributed by atoms with Gasteiger partial charge in [0.05, 0.1) is 16.9 Å². The predicted molar refractivity (Wildman–Crippen MR) is 64.5 cm³/mol. The molecule has 2 unspecified atom stereocenters. The Morgan fingerprint density at radius 3 is 2.81 bits per heavy atom. The van der Waals surface area contributed by atoms with E-state index in [0.717, 1.165) is 25.0 Å². The van der Waals surface area contributed by atoms with E-state index in [-0.39, 0.29) is 12.0 Å². The molecule has 1 fully saturated rings. The monoisotopic (exact) mass is 242 g/mol. The van der Waals surface area contributed by atoms with Gasteiger partial charge in [-0.1, -0.05) is 18.5 Å². The molecule has 2 rings (SSSR count). The zero-order valence-corrected chi connectivity index (χ0v) is 10.8. The zero-order valence-electron chi connectivity index (χ0n) is 10.1. The Kier molecular flexibility index (Phi) is 3.01. The van der Waals surface area contributed by atoms with E-state index in [2.05, 4.69) is 25.9 Å². The molecule has 0 radical (unpaired) electrons. The summed E-state index contributed by atoms with van der Waals surface area (Å²) in [5, 5.41) is 15.6. The van der Waals surface area contributed by atoms with Crippen molar-refractivity contribution in [2.45, 2.75) is 51.7 Å². The Bertz CT molecular complexity index is 388. The molecule has 1 N–H and O–H groups in total. The van der Waals surface area contributed by atoms with Gasteiger partial charge < -0.3 is 5.11 Å². The first kappa shape index (κ1) is 11.9. The summed E-state index contributed by atoms with van der Waals surface area (Å²) >= 11 is 6.18. The maximum absolute atomic E-state index is 10.8. The lowest BCUT2D eigenvalue weighted by Gasteiger charge is -2.30. The van der Waals surface area contributed by atoms with Crippen molar-refractivity contribution < 1.29 is 5.11 Å². The van der Waals surface area contributed by atoms with E-state index < -0.39 is 5.60 Å². The minimum atomic E-state index is -0.794. The molecule has 1 saturated carbocycles.